The van der Waals surface area contributed by atoms with Crippen molar-refractivity contribution in [3.8, 4) is 0 Å². The summed E-state index contributed by atoms with van der Waals surface area (Å²) in [6, 6.07) is 5.43. The molecule has 0 aromatic heterocycles. The van der Waals surface area contributed by atoms with Crippen LogP contribution in [0.1, 0.15) is 31.9 Å². The molecule has 1 rings (SSSR count). The third-order valence-corrected chi connectivity index (χ3v) is 3.20. The lowest BCUT2D eigenvalue weighted by Crippen LogP contribution is -2.36. The Balaban J connectivity index is 2.98. The summed E-state index contributed by atoms with van der Waals surface area (Å²) in [6.07, 6.45) is 0.371. The molecule has 1 unspecified atom stereocenters. The minimum absolute atomic E-state index is 0.0517. The second-order valence-electron chi connectivity index (χ2n) is 4.48. The zero-order chi connectivity index (χ0) is 14.4. The lowest BCUT2D eigenvalue weighted by atomic mass is 10.1. The Morgan fingerprint density at radius 2 is 2.21 bits per heavy atom. The molecule has 0 aliphatic rings. The lowest BCUT2D eigenvalue weighted by Gasteiger charge is -2.25. The van der Waals surface area contributed by atoms with Gasteiger partial charge in [0.05, 0.1) is 23.4 Å². The van der Waals surface area contributed by atoms with Crippen LogP contribution in [-0.4, -0.2) is 31.2 Å². The number of aliphatic hydroxyl groups excluding tert-OH is 1. The van der Waals surface area contributed by atoms with Crippen molar-refractivity contribution in [2.24, 2.45) is 0 Å². The molecule has 5 heteroatoms. The van der Waals surface area contributed by atoms with Crippen LogP contribution >= 0.6 is 11.6 Å². The molecule has 19 heavy (non-hydrogen) atoms. The maximum Gasteiger partial charge on any atom is 0.239 e. The minimum Gasteiger partial charge on any atom is -0.389 e. The summed E-state index contributed by atoms with van der Waals surface area (Å²) in [5, 5.41) is 12.7. The van der Waals surface area contributed by atoms with Crippen LogP contribution in [0.3, 0.4) is 0 Å². The van der Waals surface area contributed by atoms with Crippen LogP contribution in [0.15, 0.2) is 18.2 Å². The van der Waals surface area contributed by atoms with Crippen molar-refractivity contribution in [2.75, 3.05) is 25.0 Å². The van der Waals surface area contributed by atoms with Crippen molar-refractivity contribution in [2.45, 2.75) is 26.4 Å². The fourth-order valence-corrected chi connectivity index (χ4v) is 2.15. The molecular weight excluding hydrogens is 264 g/mol. The van der Waals surface area contributed by atoms with Gasteiger partial charge in [-0.2, -0.15) is 0 Å². The Kier molecular flexibility index (Phi) is 6.12. The highest BCUT2D eigenvalue weighted by Crippen LogP contribution is 2.29. The van der Waals surface area contributed by atoms with E-state index in [9.17, 15) is 9.90 Å². The van der Waals surface area contributed by atoms with E-state index in [0.717, 1.165) is 24.2 Å². The van der Waals surface area contributed by atoms with E-state index in [4.69, 9.17) is 11.6 Å². The Morgan fingerprint density at radius 1 is 1.53 bits per heavy atom. The zero-order valence-electron chi connectivity index (χ0n) is 11.6. The van der Waals surface area contributed by atoms with Gasteiger partial charge in [-0.15, -0.1) is 0 Å². The number of nitrogens with zero attached hydrogens (tertiary/aromatic N) is 1. The van der Waals surface area contributed by atoms with E-state index in [2.05, 4.69) is 12.2 Å². The molecule has 0 saturated heterocycles. The van der Waals surface area contributed by atoms with Crippen molar-refractivity contribution < 1.29 is 9.90 Å². The SMILES string of the molecule is CCCN(CC(=O)NC)c1ccc(C(C)O)cc1Cl. The normalized spacial score (nSPS) is 12.1. The third kappa shape index (κ3) is 4.40. The molecule has 0 fully saturated rings. The van der Waals surface area contributed by atoms with Crippen molar-refractivity contribution in [1.29, 1.82) is 0 Å². The molecule has 0 saturated carbocycles. The monoisotopic (exact) mass is 284 g/mol. The fraction of sp³-hybridized carbons (Fsp3) is 0.500. The molecular formula is C14H21ClN2O2. The average molecular weight is 285 g/mol. The maximum absolute atomic E-state index is 11.5. The van der Waals surface area contributed by atoms with Gasteiger partial charge in [-0.25, -0.2) is 0 Å². The number of hydrogen-bond donors (Lipinski definition) is 2. The van der Waals surface area contributed by atoms with E-state index < -0.39 is 6.10 Å². The fourth-order valence-electron chi connectivity index (χ4n) is 1.85. The Hall–Kier alpha value is -1.26. The smallest absolute Gasteiger partial charge is 0.239 e. The molecule has 1 aromatic rings. The van der Waals surface area contributed by atoms with Gasteiger partial charge in [0.15, 0.2) is 0 Å². The first-order chi connectivity index (χ1) is 8.99. The van der Waals surface area contributed by atoms with E-state index in [0.29, 0.717) is 5.02 Å². The number of aliphatic hydroxyl groups is 1. The number of carbonyl (C=O) groups is 1. The minimum atomic E-state index is -0.551. The first-order valence-corrected chi connectivity index (χ1v) is 6.80. The average Bonchev–Trinajstić information content (AvgIpc) is 2.37. The molecule has 0 spiro atoms. The molecule has 1 atom stereocenters. The molecule has 0 aliphatic heterocycles. The number of amides is 1. The van der Waals surface area contributed by atoms with E-state index >= 15 is 0 Å². The number of likely N-dealkylation sites (N-methyl/N-ethyl adjacent to an activating group) is 1. The summed E-state index contributed by atoms with van der Waals surface area (Å²) >= 11 is 6.25. The number of halogens is 1. The lowest BCUT2D eigenvalue weighted by molar-refractivity contribution is -0.119. The highest BCUT2D eigenvalue weighted by molar-refractivity contribution is 6.33. The molecule has 0 radical (unpaired) electrons. The number of benzene rings is 1. The summed E-state index contributed by atoms with van der Waals surface area (Å²) in [5.74, 6) is -0.0517. The second-order valence-corrected chi connectivity index (χ2v) is 4.89. The first-order valence-electron chi connectivity index (χ1n) is 6.42. The largest absolute Gasteiger partial charge is 0.389 e. The summed E-state index contributed by atoms with van der Waals surface area (Å²) in [4.78, 5) is 13.5. The van der Waals surface area contributed by atoms with Gasteiger partial charge in [-0.1, -0.05) is 24.6 Å². The van der Waals surface area contributed by atoms with Crippen LogP contribution in [0.4, 0.5) is 5.69 Å². The van der Waals surface area contributed by atoms with E-state index in [1.165, 1.54) is 0 Å². The molecule has 1 aromatic carbocycles. The second kappa shape index (κ2) is 7.36. The molecule has 2 N–H and O–H groups in total. The molecule has 1 amide bonds. The molecule has 0 heterocycles. The Labute approximate surface area is 119 Å². The highest BCUT2D eigenvalue weighted by atomic mass is 35.5. The predicted molar refractivity (Wildman–Crippen MR) is 78.7 cm³/mol. The van der Waals surface area contributed by atoms with E-state index in [-0.39, 0.29) is 12.5 Å². The molecule has 4 nitrogen and oxygen atoms in total. The van der Waals surface area contributed by atoms with Gasteiger partial charge in [0.1, 0.15) is 0 Å². The summed E-state index contributed by atoms with van der Waals surface area (Å²) in [5.41, 5.74) is 1.58. The van der Waals surface area contributed by atoms with Crippen molar-refractivity contribution in [1.82, 2.24) is 5.32 Å². The predicted octanol–water partition coefficient (Wildman–Crippen LogP) is 2.36. The van der Waals surface area contributed by atoms with Gasteiger partial charge in [0.2, 0.25) is 5.91 Å². The number of nitrogens with one attached hydrogen (secondary N) is 1. The summed E-state index contributed by atoms with van der Waals surface area (Å²) in [6.45, 7) is 4.77. The number of anilines is 1. The van der Waals surface area contributed by atoms with Gasteiger partial charge in [-0.05, 0) is 31.0 Å². The molecule has 0 bridgehead atoms. The molecule has 0 aliphatic carbocycles. The number of carbonyl (C=O) groups excluding carboxylic acids is 1. The van der Waals surface area contributed by atoms with Gasteiger partial charge < -0.3 is 15.3 Å². The van der Waals surface area contributed by atoms with E-state index in [1.807, 2.05) is 17.0 Å². The summed E-state index contributed by atoms with van der Waals surface area (Å²) in [7, 11) is 1.62. The van der Waals surface area contributed by atoms with Crippen molar-refractivity contribution >= 4 is 23.2 Å². The van der Waals surface area contributed by atoms with Crippen molar-refractivity contribution in [3.05, 3.63) is 28.8 Å². The standard InChI is InChI=1S/C14H21ClN2O2/c1-4-7-17(9-14(19)16-3)13-6-5-11(10(2)18)8-12(13)15/h5-6,8,10,18H,4,7,9H2,1-3H3,(H,16,19). The topological polar surface area (TPSA) is 52.6 Å². The van der Waals surface area contributed by atoms with Crippen LogP contribution in [0.2, 0.25) is 5.02 Å². The maximum atomic E-state index is 11.5. The Bertz CT molecular complexity index is 435. The van der Waals surface area contributed by atoms with Crippen LogP contribution in [-0.2, 0) is 4.79 Å². The van der Waals surface area contributed by atoms with Gasteiger partial charge in [0.25, 0.3) is 0 Å². The van der Waals surface area contributed by atoms with Crippen molar-refractivity contribution in [3.63, 3.8) is 0 Å². The first kappa shape index (κ1) is 15.8. The zero-order valence-corrected chi connectivity index (χ0v) is 12.4. The van der Waals surface area contributed by atoms with Crippen LogP contribution in [0, 0.1) is 0 Å². The quantitative estimate of drug-likeness (QED) is 0.843. The highest BCUT2D eigenvalue weighted by Gasteiger charge is 2.14. The third-order valence-electron chi connectivity index (χ3n) is 2.90. The van der Waals surface area contributed by atoms with Crippen LogP contribution in [0.25, 0.3) is 0 Å². The van der Waals surface area contributed by atoms with Crippen LogP contribution in [0.5, 0.6) is 0 Å². The number of rotatable bonds is 6. The van der Waals surface area contributed by atoms with Gasteiger partial charge >= 0.3 is 0 Å². The van der Waals surface area contributed by atoms with Crippen LogP contribution < -0.4 is 10.2 Å². The summed E-state index contributed by atoms with van der Waals surface area (Å²) < 4.78 is 0. The van der Waals surface area contributed by atoms with Gasteiger partial charge in [0, 0.05) is 13.6 Å². The Morgan fingerprint density at radius 3 is 2.68 bits per heavy atom. The number of hydrogen-bond acceptors (Lipinski definition) is 3. The van der Waals surface area contributed by atoms with E-state index in [1.54, 1.807) is 20.0 Å². The molecule has 106 valence electrons. The van der Waals surface area contributed by atoms with Gasteiger partial charge in [-0.3, -0.25) is 4.79 Å².